The topological polar surface area (TPSA) is 84.9 Å². The number of carboxylic acid groups (broad SMARTS) is 1. The van der Waals surface area contributed by atoms with E-state index in [0.717, 1.165) is 28.2 Å². The molecule has 0 aliphatic carbocycles. The van der Waals surface area contributed by atoms with Crippen molar-refractivity contribution in [3.63, 3.8) is 0 Å². The molecule has 0 saturated carbocycles. The van der Waals surface area contributed by atoms with Crippen LogP contribution in [0.2, 0.25) is 0 Å². The van der Waals surface area contributed by atoms with Crippen molar-refractivity contribution in [3.8, 4) is 22.6 Å². The van der Waals surface area contributed by atoms with Crippen LogP contribution >= 0.6 is 11.3 Å². The van der Waals surface area contributed by atoms with Crippen molar-refractivity contribution in [1.82, 2.24) is 0 Å². The summed E-state index contributed by atoms with van der Waals surface area (Å²) in [5, 5.41) is 12.7. The van der Waals surface area contributed by atoms with E-state index in [0.29, 0.717) is 41.5 Å². The minimum Gasteiger partial charge on any atom is -0.490 e. The number of amides is 1. The summed E-state index contributed by atoms with van der Waals surface area (Å²) in [7, 11) is 0. The Balaban J connectivity index is 1.83. The number of anilines is 1. The summed E-state index contributed by atoms with van der Waals surface area (Å²) in [5.74, 6) is -0.854. The van der Waals surface area contributed by atoms with Gasteiger partial charge in [-0.3, -0.25) is 4.79 Å². The van der Waals surface area contributed by atoms with Crippen LogP contribution < -0.4 is 14.8 Å². The van der Waals surface area contributed by atoms with Crippen LogP contribution in [-0.4, -0.2) is 30.2 Å². The fourth-order valence-electron chi connectivity index (χ4n) is 3.94. The number of carboxylic acids is 1. The third-order valence-electron chi connectivity index (χ3n) is 5.36. The molecule has 172 valence electrons. The molecule has 0 unspecified atom stereocenters. The molecule has 2 N–H and O–H groups in total. The summed E-state index contributed by atoms with van der Waals surface area (Å²) in [6, 6.07) is 11.2. The van der Waals surface area contributed by atoms with Gasteiger partial charge in [0.25, 0.3) is 0 Å². The molecule has 8 heteroatoms. The number of rotatable bonds is 8. The largest absolute Gasteiger partial charge is 0.490 e. The first-order valence-electron chi connectivity index (χ1n) is 10.8. The first-order valence-corrected chi connectivity index (χ1v) is 11.6. The van der Waals surface area contributed by atoms with Crippen LogP contribution in [0.4, 0.5) is 10.1 Å². The molecular weight excluding hydrogens is 445 g/mol. The summed E-state index contributed by atoms with van der Waals surface area (Å²) < 4.78 is 25.0. The van der Waals surface area contributed by atoms with Gasteiger partial charge in [0.15, 0.2) is 11.5 Å². The molecule has 0 bridgehead atoms. The zero-order valence-electron chi connectivity index (χ0n) is 18.3. The molecule has 1 aliphatic heterocycles. The number of carbonyl (C=O) groups is 2. The lowest BCUT2D eigenvalue weighted by Gasteiger charge is -2.24. The van der Waals surface area contributed by atoms with Gasteiger partial charge in [-0.05, 0) is 48.7 Å². The van der Waals surface area contributed by atoms with Gasteiger partial charge in [0.2, 0.25) is 5.91 Å². The standard InChI is InChI=1S/C25H24FNO5S/c1-3-11-32-18-10-7-15(12-19(18)31-4-2)17-13-20(28)27-22-21(14-5-8-16(26)9-6-14)24(25(29)30)33-23(17)22/h5-10,12,17H,3-4,11,13H2,1-2H3,(H,27,28)(H,29,30)/t17-/m0/s1. The van der Waals surface area contributed by atoms with Crippen LogP contribution in [0.5, 0.6) is 11.5 Å². The van der Waals surface area contributed by atoms with E-state index < -0.39 is 11.8 Å². The van der Waals surface area contributed by atoms with Gasteiger partial charge in [-0.25, -0.2) is 9.18 Å². The van der Waals surface area contributed by atoms with Crippen LogP contribution in [0.15, 0.2) is 42.5 Å². The highest BCUT2D eigenvalue weighted by Gasteiger charge is 2.34. The van der Waals surface area contributed by atoms with Gasteiger partial charge < -0.3 is 19.9 Å². The van der Waals surface area contributed by atoms with Gasteiger partial charge in [-0.15, -0.1) is 11.3 Å². The second kappa shape index (κ2) is 9.62. The Hall–Kier alpha value is -3.39. The Morgan fingerprint density at radius 3 is 2.58 bits per heavy atom. The SMILES string of the molecule is CCCOc1ccc([C@@H]2CC(=O)Nc3c2sc(C(=O)O)c3-c2ccc(F)cc2)cc1OCC. The Kier molecular flexibility index (Phi) is 6.65. The van der Waals surface area contributed by atoms with Gasteiger partial charge in [0, 0.05) is 22.8 Å². The Bertz CT molecular complexity index is 1190. The van der Waals surface area contributed by atoms with E-state index in [1.807, 2.05) is 32.0 Å². The zero-order chi connectivity index (χ0) is 23.5. The van der Waals surface area contributed by atoms with Crippen LogP contribution in [0.25, 0.3) is 11.1 Å². The monoisotopic (exact) mass is 469 g/mol. The number of nitrogens with one attached hydrogen (secondary N) is 1. The van der Waals surface area contributed by atoms with Gasteiger partial charge in [0.05, 0.1) is 18.9 Å². The molecule has 1 amide bonds. The molecule has 33 heavy (non-hydrogen) atoms. The molecular formula is C25H24FNO5S. The molecule has 1 atom stereocenters. The number of halogens is 1. The number of carbonyl (C=O) groups excluding carboxylic acids is 1. The van der Waals surface area contributed by atoms with E-state index >= 15 is 0 Å². The van der Waals surface area contributed by atoms with Gasteiger partial charge in [-0.2, -0.15) is 0 Å². The maximum atomic E-state index is 13.5. The van der Waals surface area contributed by atoms with E-state index in [2.05, 4.69) is 5.32 Å². The van der Waals surface area contributed by atoms with Crippen LogP contribution in [0.3, 0.4) is 0 Å². The van der Waals surface area contributed by atoms with Gasteiger partial charge in [0.1, 0.15) is 10.7 Å². The first-order chi connectivity index (χ1) is 15.9. The van der Waals surface area contributed by atoms with E-state index in [1.165, 1.54) is 24.3 Å². The van der Waals surface area contributed by atoms with Crippen molar-refractivity contribution in [2.45, 2.75) is 32.6 Å². The molecule has 2 heterocycles. The van der Waals surface area contributed by atoms with Crippen LogP contribution in [0, 0.1) is 5.82 Å². The first kappa shape index (κ1) is 22.8. The lowest BCUT2D eigenvalue weighted by Crippen LogP contribution is -2.22. The molecule has 4 rings (SSSR count). The minimum atomic E-state index is -1.10. The fraction of sp³-hybridized carbons (Fsp3) is 0.280. The smallest absolute Gasteiger partial charge is 0.346 e. The highest BCUT2D eigenvalue weighted by molar-refractivity contribution is 7.15. The molecule has 0 radical (unpaired) electrons. The molecule has 1 aliphatic rings. The van der Waals surface area contributed by atoms with Gasteiger partial charge in [-0.1, -0.05) is 25.1 Å². The van der Waals surface area contributed by atoms with E-state index in [4.69, 9.17) is 9.47 Å². The van der Waals surface area contributed by atoms with Crippen molar-refractivity contribution >= 4 is 28.9 Å². The zero-order valence-corrected chi connectivity index (χ0v) is 19.1. The predicted octanol–water partition coefficient (Wildman–Crippen LogP) is 5.91. The number of hydrogen-bond donors (Lipinski definition) is 2. The lowest BCUT2D eigenvalue weighted by atomic mass is 9.88. The summed E-state index contributed by atoms with van der Waals surface area (Å²) in [6.45, 7) is 4.92. The maximum absolute atomic E-state index is 13.5. The molecule has 0 spiro atoms. The lowest BCUT2D eigenvalue weighted by molar-refractivity contribution is -0.116. The van der Waals surface area contributed by atoms with Crippen molar-refractivity contribution in [2.75, 3.05) is 18.5 Å². The second-order valence-electron chi connectivity index (χ2n) is 7.65. The third-order valence-corrected chi connectivity index (χ3v) is 6.66. The highest BCUT2D eigenvalue weighted by Crippen LogP contribution is 2.50. The average molecular weight is 470 g/mol. The number of benzene rings is 2. The molecule has 1 aromatic heterocycles. The Morgan fingerprint density at radius 2 is 1.91 bits per heavy atom. The van der Waals surface area contributed by atoms with Crippen molar-refractivity contribution < 1.29 is 28.6 Å². The van der Waals surface area contributed by atoms with E-state index in [1.54, 1.807) is 0 Å². The minimum absolute atomic E-state index is 0.103. The van der Waals surface area contributed by atoms with Crippen LogP contribution in [0.1, 0.15) is 52.7 Å². The Morgan fingerprint density at radius 1 is 1.15 bits per heavy atom. The fourth-order valence-corrected chi connectivity index (χ4v) is 5.19. The normalized spacial score (nSPS) is 15.0. The second-order valence-corrected chi connectivity index (χ2v) is 8.70. The molecule has 3 aromatic rings. The maximum Gasteiger partial charge on any atom is 0.346 e. The summed E-state index contributed by atoms with van der Waals surface area (Å²) >= 11 is 1.13. The molecule has 2 aromatic carbocycles. The number of thiophene rings is 1. The van der Waals surface area contributed by atoms with E-state index in [9.17, 15) is 19.1 Å². The van der Waals surface area contributed by atoms with Crippen molar-refractivity contribution in [2.24, 2.45) is 0 Å². The number of hydrogen-bond acceptors (Lipinski definition) is 5. The number of fused-ring (bicyclic) bond motifs is 1. The highest BCUT2D eigenvalue weighted by atomic mass is 32.1. The van der Waals surface area contributed by atoms with Crippen LogP contribution in [-0.2, 0) is 4.79 Å². The van der Waals surface area contributed by atoms with Crippen molar-refractivity contribution in [3.05, 3.63) is 63.6 Å². The quantitative estimate of drug-likeness (QED) is 0.428. The average Bonchev–Trinajstić information content (AvgIpc) is 3.18. The molecule has 0 saturated heterocycles. The van der Waals surface area contributed by atoms with E-state index in [-0.39, 0.29) is 23.1 Å². The number of ether oxygens (including phenoxy) is 2. The summed E-state index contributed by atoms with van der Waals surface area (Å²) in [5.41, 5.74) is 2.23. The summed E-state index contributed by atoms with van der Waals surface area (Å²) in [6.07, 6.45) is 1.04. The third kappa shape index (κ3) is 4.57. The van der Waals surface area contributed by atoms with Crippen molar-refractivity contribution in [1.29, 1.82) is 0 Å². The Labute approximate surface area is 195 Å². The molecule has 0 fully saturated rings. The summed E-state index contributed by atoms with van der Waals surface area (Å²) in [4.78, 5) is 25.6. The predicted molar refractivity (Wildman–Crippen MR) is 125 cm³/mol. The van der Waals surface area contributed by atoms with Gasteiger partial charge >= 0.3 is 5.97 Å². The number of aromatic carboxylic acids is 1. The molecule has 6 nitrogen and oxygen atoms in total.